The number of aryl methyl sites for hydroxylation is 8. The molecule has 5 aromatic carbocycles. The third-order valence-corrected chi connectivity index (χ3v) is 19.4. The largest absolute Gasteiger partial charge is 0.350 e. The van der Waals surface area contributed by atoms with Crippen LogP contribution < -0.4 is 27.8 Å². The third kappa shape index (κ3) is 22.1. The Morgan fingerprint density at radius 3 is 1.16 bits per heavy atom. The molecule has 612 valence electrons. The summed E-state index contributed by atoms with van der Waals surface area (Å²) in [7, 11) is 3.95. The Hall–Kier alpha value is -15.9. The van der Waals surface area contributed by atoms with Crippen molar-refractivity contribution in [2.24, 2.45) is 14.1 Å². The summed E-state index contributed by atoms with van der Waals surface area (Å²) in [6.07, 6.45) is 40.8. The van der Waals surface area contributed by atoms with E-state index in [2.05, 4.69) is 90.5 Å². The molecule has 0 N–H and O–H groups in total. The summed E-state index contributed by atoms with van der Waals surface area (Å²) in [5.41, 5.74) is 8.78. The van der Waals surface area contributed by atoms with Gasteiger partial charge in [-0.05, 0) is 119 Å². The van der Waals surface area contributed by atoms with E-state index >= 15 is 0 Å². The van der Waals surface area contributed by atoms with Gasteiger partial charge in [0, 0.05) is 146 Å². The maximum Gasteiger partial charge on any atom is 0.300 e. The second kappa shape index (κ2) is 43.0. The lowest BCUT2D eigenvalue weighted by molar-refractivity contribution is 0.538. The van der Waals surface area contributed by atoms with Crippen molar-refractivity contribution in [3.05, 3.63) is 307 Å². The average Bonchev–Trinajstić information content (AvgIpc) is 1.61. The van der Waals surface area contributed by atoms with Crippen LogP contribution in [0.4, 0.5) is 0 Å². The summed E-state index contributed by atoms with van der Waals surface area (Å²) in [6.45, 7) is 10.1. The summed E-state index contributed by atoms with van der Waals surface area (Å²) in [5, 5.41) is 25.5. The molecule has 0 saturated carbocycles. The molecule has 0 amide bonds. The first-order valence-corrected chi connectivity index (χ1v) is 40.1. The summed E-state index contributed by atoms with van der Waals surface area (Å²) >= 11 is 0. The molecule has 26 nitrogen and oxygen atoms in total. The van der Waals surface area contributed by atoms with Gasteiger partial charge in [-0.15, -0.1) is 56.0 Å². The van der Waals surface area contributed by atoms with E-state index in [9.17, 15) is 24.0 Å². The lowest BCUT2D eigenvalue weighted by Crippen LogP contribution is -2.21. The number of hydrogen-bond acceptors (Lipinski definition) is 19. The van der Waals surface area contributed by atoms with E-state index in [1.165, 1.54) is 0 Å². The topological polar surface area (TPSA) is 300 Å². The van der Waals surface area contributed by atoms with Gasteiger partial charge in [-0.1, -0.05) is 146 Å². The molecule has 16 aromatic rings. The molecule has 123 heavy (non-hydrogen) atoms. The van der Waals surface area contributed by atoms with Crippen LogP contribution in [-0.2, 0) is 46.8 Å². The first-order chi connectivity index (χ1) is 60.1. The van der Waals surface area contributed by atoms with Gasteiger partial charge in [-0.25, -0.2) is 28.4 Å². The minimum Gasteiger partial charge on any atom is -0.350 e. The number of terminal acetylenes is 4. The molecule has 0 saturated heterocycles. The van der Waals surface area contributed by atoms with Crippen molar-refractivity contribution in [2.45, 2.75) is 117 Å². The van der Waals surface area contributed by atoms with E-state index in [0.717, 1.165) is 113 Å². The van der Waals surface area contributed by atoms with Gasteiger partial charge in [0.1, 0.15) is 34.2 Å². The van der Waals surface area contributed by atoms with Gasteiger partial charge >= 0.3 is 0 Å². The van der Waals surface area contributed by atoms with Gasteiger partial charge in [0.05, 0.1) is 12.1 Å². The van der Waals surface area contributed by atoms with Crippen molar-refractivity contribution in [1.29, 1.82) is 0 Å². The van der Waals surface area contributed by atoms with E-state index in [1.807, 2.05) is 230 Å². The number of allylic oxidation sites excluding steroid dienone is 1. The first kappa shape index (κ1) is 86.4. The van der Waals surface area contributed by atoms with Crippen LogP contribution in [0.25, 0.3) is 124 Å². The molecular weight excluding hydrogens is 1540 g/mol. The monoisotopic (exact) mass is 1630 g/mol. The molecule has 0 aliphatic rings. The molecule has 0 radical (unpaired) electrons. The smallest absolute Gasteiger partial charge is 0.300 e. The molecule has 11 aromatic heterocycles. The zero-order valence-electron chi connectivity index (χ0n) is 68.8. The Bertz CT molecular complexity index is 6850. The van der Waals surface area contributed by atoms with Crippen molar-refractivity contribution in [2.75, 3.05) is 0 Å². The number of para-hydroxylation sites is 3. The number of nitrogens with zero attached hydrogens (tertiary/aromatic N) is 21. The average molecular weight is 1630 g/mol. The molecule has 0 unspecified atom stereocenters. The minimum atomic E-state index is -0.360. The highest BCUT2D eigenvalue weighted by atomic mass is 16.1. The predicted molar refractivity (Wildman–Crippen MR) is 482 cm³/mol. The fourth-order valence-electron chi connectivity index (χ4n) is 13.3. The zero-order valence-corrected chi connectivity index (χ0v) is 68.8. The second-order valence-corrected chi connectivity index (χ2v) is 28.2. The Morgan fingerprint density at radius 2 is 0.707 bits per heavy atom. The molecular formula is C97H89N21O5. The van der Waals surface area contributed by atoms with E-state index in [0.29, 0.717) is 126 Å². The summed E-state index contributed by atoms with van der Waals surface area (Å²) in [4.78, 5) is 100. The van der Waals surface area contributed by atoms with Crippen molar-refractivity contribution in [3.63, 3.8) is 0 Å². The Labute approximate surface area is 710 Å². The number of aromatic nitrogens is 21. The number of fused-ring (bicyclic) bond motifs is 3. The van der Waals surface area contributed by atoms with Crippen LogP contribution in [0.2, 0.25) is 0 Å². The van der Waals surface area contributed by atoms with Crippen LogP contribution in [0, 0.1) is 63.2 Å². The highest BCUT2D eigenvalue weighted by molar-refractivity contribution is 5.96. The Balaban J connectivity index is 0.000000142. The van der Waals surface area contributed by atoms with Gasteiger partial charge < -0.3 is 9.13 Å². The first-order valence-electron chi connectivity index (χ1n) is 40.1. The number of hydrogen-bond donors (Lipinski definition) is 0. The molecule has 16 rings (SSSR count). The molecule has 26 heteroatoms. The van der Waals surface area contributed by atoms with Gasteiger partial charge in [0.25, 0.3) is 27.8 Å². The van der Waals surface area contributed by atoms with Crippen molar-refractivity contribution < 1.29 is 0 Å². The highest BCUT2D eigenvalue weighted by Gasteiger charge is 2.22. The molecule has 0 bridgehead atoms. The summed E-state index contributed by atoms with van der Waals surface area (Å²) in [5.74, 6) is 13.0. The van der Waals surface area contributed by atoms with Crippen LogP contribution in [0.5, 0.6) is 0 Å². The Kier molecular flexibility index (Phi) is 30.2. The molecule has 11 heterocycles. The van der Waals surface area contributed by atoms with Crippen LogP contribution in [0.15, 0.2) is 268 Å². The number of pyridine rings is 4. The number of unbranched alkanes of at least 4 members (excludes halogenated alkanes) is 7. The maximum absolute atomic E-state index is 13.1. The van der Waals surface area contributed by atoms with Crippen LogP contribution in [0.1, 0.15) is 82.0 Å². The van der Waals surface area contributed by atoms with E-state index in [4.69, 9.17) is 35.8 Å². The quantitative estimate of drug-likeness (QED) is 0.0292. The van der Waals surface area contributed by atoms with E-state index in [1.54, 1.807) is 68.0 Å². The van der Waals surface area contributed by atoms with Crippen molar-refractivity contribution >= 4 is 32.7 Å². The number of rotatable bonds is 25. The van der Waals surface area contributed by atoms with E-state index in [-0.39, 0.29) is 27.8 Å². The predicted octanol–water partition coefficient (Wildman–Crippen LogP) is 14.9. The standard InChI is InChI=1S/C24H21N5O.C24H20N4O.C20H18N4O.C15H16N4O.C14H14N4O/c1-4-13-29-23(19-15-28(3)21-12-8-6-10-17(19)21)25-24(30)22(26-29)18-14-27(2)20-11-7-5-9-16(18)20;1-2-3-4-10-17-28-23(21-16-15-18-11-8-9-14-20(18)25-21)26-24(29)22(27-28)19-12-6-5-7-13-19;1-2-3-4-10-15-24-19(17-13-8-9-14-21-17)22-20(25)18(23-24)16-11-6-5-7-12-16;1-3-4-5-8-11-19-14(13-9-6-7-10-16-13)17-15(20)12(2)18-19;1-3-4-7-10-18-13(12-8-5-6-9-15-12)16-14(19)11(2)17-18/h4-12,14-15H,1,13H2,2-3H3;1,5-9,11-16H,3-4,10,17H2;1,5-9,11-14H,3-4,10,15H2;1,6-7,9-10H,4-5,8,11H2,2H3;1,5-6,8-9H,4,7,10H2,2H3. The second-order valence-electron chi connectivity index (χ2n) is 28.2. The van der Waals surface area contributed by atoms with Gasteiger partial charge in [-0.2, -0.15) is 50.4 Å². The fraction of sp³-hybridized carbons (Fsp3) is 0.206. The molecule has 0 spiro atoms. The maximum atomic E-state index is 13.1. The summed E-state index contributed by atoms with van der Waals surface area (Å²) in [6, 6.07) is 63.0. The van der Waals surface area contributed by atoms with Crippen LogP contribution in [-0.4, -0.2) is 103 Å². The highest BCUT2D eigenvalue weighted by Crippen LogP contribution is 2.32. The SMILES string of the molecule is C#CCCCCn1nc(-c2ccccc2)c(=O)nc1-c1ccc2ccccc2n1.C#CCCCCn1nc(-c2ccccc2)c(=O)nc1-c1ccccn1.C#CCCCCn1nc(C)c(=O)nc1-c1ccccn1.C#CCCCn1nc(C)c(=O)nc1-c1ccccn1.C=CCn1nc(-c2cn(C)c3ccccc23)c(=O)nc1-c1cn(C)c2ccccc12. The molecule has 0 aliphatic carbocycles. The summed E-state index contributed by atoms with van der Waals surface area (Å²) < 4.78 is 12.7. The fourth-order valence-corrected chi connectivity index (χ4v) is 13.3. The van der Waals surface area contributed by atoms with E-state index < -0.39 is 0 Å². The normalized spacial score (nSPS) is 10.6. The third-order valence-electron chi connectivity index (χ3n) is 19.4. The van der Waals surface area contributed by atoms with Gasteiger partial charge in [0.2, 0.25) is 0 Å². The molecule has 0 aliphatic heterocycles. The number of benzene rings is 5. The minimum absolute atomic E-state index is 0.314. The lowest BCUT2D eigenvalue weighted by Gasteiger charge is -2.13. The lowest BCUT2D eigenvalue weighted by atomic mass is 10.1. The van der Waals surface area contributed by atoms with Crippen LogP contribution >= 0.6 is 0 Å². The van der Waals surface area contributed by atoms with Crippen LogP contribution in [0.3, 0.4) is 0 Å². The molecule has 0 atom stereocenters. The zero-order chi connectivity index (χ0) is 86.4. The Morgan fingerprint density at radius 1 is 0.341 bits per heavy atom. The van der Waals surface area contributed by atoms with Crippen molar-refractivity contribution in [1.82, 2.24) is 103 Å². The molecule has 0 fully saturated rings. The van der Waals surface area contributed by atoms with Gasteiger partial charge in [0.15, 0.2) is 46.2 Å². The van der Waals surface area contributed by atoms with Gasteiger partial charge in [-0.3, -0.25) is 38.9 Å². The van der Waals surface area contributed by atoms with Crippen molar-refractivity contribution in [3.8, 4) is 141 Å².